The van der Waals surface area contributed by atoms with E-state index in [4.69, 9.17) is 9.84 Å². The van der Waals surface area contributed by atoms with Crippen LogP contribution in [0.4, 0.5) is 0 Å². The summed E-state index contributed by atoms with van der Waals surface area (Å²) >= 11 is 0. The maximum Gasteiger partial charge on any atom is 0.339 e. The van der Waals surface area contributed by atoms with E-state index < -0.39 is 5.97 Å². The summed E-state index contributed by atoms with van der Waals surface area (Å²) in [7, 11) is 0. The standard InChI is InChI=1S/C20H16N2O4/c1-2-26-16-6-3-13(4-7-16)18-12-22(11-14(18)10-21)15-5-8-17(20(24)25)19(23)9-15/h3-9,11-12,23H,2H2,1H3,(H,24,25). The monoisotopic (exact) mass is 348 g/mol. The molecule has 0 aliphatic rings. The van der Waals surface area contributed by atoms with E-state index in [2.05, 4.69) is 6.07 Å². The molecule has 0 saturated heterocycles. The number of phenols is 1. The van der Waals surface area contributed by atoms with Crippen LogP contribution in [0.25, 0.3) is 16.8 Å². The zero-order chi connectivity index (χ0) is 18.7. The molecule has 0 aliphatic heterocycles. The average Bonchev–Trinajstić information content (AvgIpc) is 3.06. The highest BCUT2D eigenvalue weighted by molar-refractivity contribution is 5.91. The summed E-state index contributed by atoms with van der Waals surface area (Å²) in [4.78, 5) is 11.0. The summed E-state index contributed by atoms with van der Waals surface area (Å²) in [6.07, 6.45) is 3.41. The molecule has 0 aliphatic carbocycles. The fourth-order valence-electron chi connectivity index (χ4n) is 2.68. The van der Waals surface area contributed by atoms with Gasteiger partial charge in [-0.05, 0) is 36.8 Å². The molecule has 3 rings (SSSR count). The van der Waals surface area contributed by atoms with Crippen LogP contribution in [0.2, 0.25) is 0 Å². The van der Waals surface area contributed by atoms with Gasteiger partial charge >= 0.3 is 5.97 Å². The van der Waals surface area contributed by atoms with E-state index in [1.165, 1.54) is 12.1 Å². The van der Waals surface area contributed by atoms with Crippen molar-refractivity contribution < 1.29 is 19.7 Å². The average molecular weight is 348 g/mol. The summed E-state index contributed by atoms with van der Waals surface area (Å²) in [5.74, 6) is -0.775. The molecular formula is C20H16N2O4. The third-order valence-corrected chi connectivity index (χ3v) is 3.93. The van der Waals surface area contributed by atoms with Crippen LogP contribution in [0.5, 0.6) is 11.5 Å². The zero-order valence-electron chi connectivity index (χ0n) is 14.0. The van der Waals surface area contributed by atoms with E-state index >= 15 is 0 Å². The van der Waals surface area contributed by atoms with Gasteiger partial charge in [-0.25, -0.2) is 4.79 Å². The summed E-state index contributed by atoms with van der Waals surface area (Å²) in [5, 5.41) is 28.3. The van der Waals surface area contributed by atoms with E-state index in [1.54, 1.807) is 23.0 Å². The van der Waals surface area contributed by atoms with Crippen LogP contribution >= 0.6 is 0 Å². The van der Waals surface area contributed by atoms with Crippen molar-refractivity contribution in [2.75, 3.05) is 6.61 Å². The second-order valence-electron chi connectivity index (χ2n) is 5.57. The molecule has 0 saturated carbocycles. The normalized spacial score (nSPS) is 10.3. The Morgan fingerprint density at radius 1 is 1.19 bits per heavy atom. The minimum absolute atomic E-state index is 0.173. The number of aromatic nitrogens is 1. The highest BCUT2D eigenvalue weighted by Gasteiger charge is 2.13. The lowest BCUT2D eigenvalue weighted by molar-refractivity contribution is 0.0693. The van der Waals surface area contributed by atoms with Gasteiger partial charge in [-0.15, -0.1) is 0 Å². The molecule has 0 fully saturated rings. The Hall–Kier alpha value is -3.72. The first-order valence-corrected chi connectivity index (χ1v) is 7.95. The van der Waals surface area contributed by atoms with Gasteiger partial charge in [0.25, 0.3) is 0 Å². The van der Waals surface area contributed by atoms with Crippen molar-refractivity contribution in [1.82, 2.24) is 4.57 Å². The molecular weight excluding hydrogens is 332 g/mol. The zero-order valence-corrected chi connectivity index (χ0v) is 14.0. The number of rotatable bonds is 5. The SMILES string of the molecule is CCOc1ccc(-c2cn(-c3ccc(C(=O)O)c(O)c3)cc2C#N)cc1. The number of benzene rings is 2. The van der Waals surface area contributed by atoms with Gasteiger partial charge in [0.05, 0.1) is 12.2 Å². The molecule has 0 unspecified atom stereocenters. The molecule has 130 valence electrons. The van der Waals surface area contributed by atoms with E-state index in [9.17, 15) is 15.2 Å². The Morgan fingerprint density at radius 2 is 1.92 bits per heavy atom. The summed E-state index contributed by atoms with van der Waals surface area (Å²) in [5.41, 5.74) is 2.44. The summed E-state index contributed by atoms with van der Waals surface area (Å²) < 4.78 is 7.10. The first-order valence-electron chi connectivity index (χ1n) is 7.95. The fraction of sp³-hybridized carbons (Fsp3) is 0.100. The van der Waals surface area contributed by atoms with E-state index in [0.717, 1.165) is 16.9 Å². The van der Waals surface area contributed by atoms with Crippen molar-refractivity contribution >= 4 is 5.97 Å². The van der Waals surface area contributed by atoms with Gasteiger partial charge in [-0.3, -0.25) is 0 Å². The van der Waals surface area contributed by atoms with E-state index in [1.807, 2.05) is 31.2 Å². The minimum atomic E-state index is -1.20. The molecule has 0 atom stereocenters. The second-order valence-corrected chi connectivity index (χ2v) is 5.57. The molecule has 26 heavy (non-hydrogen) atoms. The van der Waals surface area contributed by atoms with Gasteiger partial charge in [0, 0.05) is 29.7 Å². The van der Waals surface area contributed by atoms with Gasteiger partial charge in [-0.1, -0.05) is 12.1 Å². The molecule has 2 aromatic carbocycles. The van der Waals surface area contributed by atoms with Gasteiger partial charge < -0.3 is 19.5 Å². The number of aromatic hydroxyl groups is 1. The number of nitriles is 1. The Kier molecular flexibility index (Phi) is 4.63. The Bertz CT molecular complexity index is 998. The fourth-order valence-corrected chi connectivity index (χ4v) is 2.68. The number of carbonyl (C=O) groups is 1. The van der Waals surface area contributed by atoms with E-state index in [-0.39, 0.29) is 11.3 Å². The highest BCUT2D eigenvalue weighted by Crippen LogP contribution is 2.29. The number of ether oxygens (including phenoxy) is 1. The Morgan fingerprint density at radius 3 is 2.50 bits per heavy atom. The first-order chi connectivity index (χ1) is 12.5. The maximum absolute atomic E-state index is 11.0. The van der Waals surface area contributed by atoms with Crippen LogP contribution < -0.4 is 4.74 Å². The van der Waals surface area contributed by atoms with Crippen molar-refractivity contribution in [2.24, 2.45) is 0 Å². The molecule has 3 aromatic rings. The third kappa shape index (κ3) is 3.23. The smallest absolute Gasteiger partial charge is 0.339 e. The van der Waals surface area contributed by atoms with Crippen molar-refractivity contribution in [3.05, 3.63) is 66.0 Å². The van der Waals surface area contributed by atoms with Crippen LogP contribution in [0.3, 0.4) is 0 Å². The van der Waals surface area contributed by atoms with Crippen molar-refractivity contribution in [2.45, 2.75) is 6.92 Å². The lowest BCUT2D eigenvalue weighted by Crippen LogP contribution is -1.98. The summed E-state index contributed by atoms with van der Waals surface area (Å²) in [6, 6.07) is 13.8. The van der Waals surface area contributed by atoms with Crippen molar-refractivity contribution in [3.8, 4) is 34.4 Å². The third-order valence-electron chi connectivity index (χ3n) is 3.93. The van der Waals surface area contributed by atoms with Crippen LogP contribution in [0.15, 0.2) is 54.9 Å². The molecule has 6 nitrogen and oxygen atoms in total. The molecule has 0 radical (unpaired) electrons. The predicted molar refractivity (Wildman–Crippen MR) is 95.7 cm³/mol. The summed E-state index contributed by atoms with van der Waals surface area (Å²) in [6.45, 7) is 2.49. The number of hydrogen-bond acceptors (Lipinski definition) is 4. The highest BCUT2D eigenvalue weighted by atomic mass is 16.5. The maximum atomic E-state index is 11.0. The first kappa shape index (κ1) is 17.1. The second kappa shape index (κ2) is 7.03. The Balaban J connectivity index is 2.00. The topological polar surface area (TPSA) is 95.5 Å². The van der Waals surface area contributed by atoms with Crippen LogP contribution in [-0.4, -0.2) is 27.4 Å². The van der Waals surface area contributed by atoms with Crippen LogP contribution in [0, 0.1) is 11.3 Å². The Labute approximate surface area is 150 Å². The molecule has 1 aromatic heterocycles. The number of nitrogens with zero attached hydrogens (tertiary/aromatic N) is 2. The van der Waals surface area contributed by atoms with Gasteiger partial charge in [0.15, 0.2) is 0 Å². The number of aromatic carboxylic acids is 1. The molecule has 6 heteroatoms. The van der Waals surface area contributed by atoms with Gasteiger partial charge in [-0.2, -0.15) is 5.26 Å². The number of hydrogen-bond donors (Lipinski definition) is 2. The minimum Gasteiger partial charge on any atom is -0.507 e. The predicted octanol–water partition coefficient (Wildman–Crippen LogP) is 3.82. The lowest BCUT2D eigenvalue weighted by atomic mass is 10.1. The molecule has 0 amide bonds. The van der Waals surface area contributed by atoms with Gasteiger partial charge in [0.2, 0.25) is 0 Å². The number of carboxylic acid groups (broad SMARTS) is 1. The van der Waals surface area contributed by atoms with E-state index in [0.29, 0.717) is 17.9 Å². The largest absolute Gasteiger partial charge is 0.507 e. The molecule has 2 N–H and O–H groups in total. The lowest BCUT2D eigenvalue weighted by Gasteiger charge is -2.06. The quantitative estimate of drug-likeness (QED) is 0.731. The molecule has 1 heterocycles. The van der Waals surface area contributed by atoms with Gasteiger partial charge in [0.1, 0.15) is 23.1 Å². The van der Waals surface area contributed by atoms with Crippen LogP contribution in [0.1, 0.15) is 22.8 Å². The van der Waals surface area contributed by atoms with Crippen molar-refractivity contribution in [3.63, 3.8) is 0 Å². The molecule has 0 spiro atoms. The molecule has 0 bridgehead atoms. The number of carboxylic acids is 1. The van der Waals surface area contributed by atoms with Crippen LogP contribution in [-0.2, 0) is 0 Å². The van der Waals surface area contributed by atoms with Crippen molar-refractivity contribution in [1.29, 1.82) is 5.26 Å².